The normalized spacial score (nSPS) is 15.9. The number of H-pyrrole nitrogens is 1. The summed E-state index contributed by atoms with van der Waals surface area (Å²) in [6.45, 7) is 1.94. The van der Waals surface area contributed by atoms with Crippen molar-refractivity contribution in [1.29, 1.82) is 0 Å². The molecule has 0 aliphatic heterocycles. The molecule has 2 saturated carbocycles. The summed E-state index contributed by atoms with van der Waals surface area (Å²) >= 11 is 1.48. The van der Waals surface area contributed by atoms with Gasteiger partial charge in [0, 0.05) is 34.2 Å². The van der Waals surface area contributed by atoms with Gasteiger partial charge in [-0.2, -0.15) is 15.1 Å². The number of rotatable bonds is 7. The molecular weight excluding hydrogens is 386 g/mol. The Morgan fingerprint density at radius 2 is 1.90 bits per heavy atom. The Morgan fingerprint density at radius 3 is 2.55 bits per heavy atom. The summed E-state index contributed by atoms with van der Waals surface area (Å²) in [5.74, 6) is 2.73. The molecule has 0 bridgehead atoms. The van der Waals surface area contributed by atoms with Gasteiger partial charge in [-0.15, -0.1) is 0 Å². The predicted molar refractivity (Wildman–Crippen MR) is 110 cm³/mol. The highest BCUT2D eigenvalue weighted by Crippen LogP contribution is 2.39. The minimum atomic E-state index is 0.112. The van der Waals surface area contributed by atoms with Crippen molar-refractivity contribution in [2.45, 2.75) is 48.6 Å². The molecule has 29 heavy (non-hydrogen) atoms. The third-order valence-corrected chi connectivity index (χ3v) is 5.67. The lowest BCUT2D eigenvalue weighted by Gasteiger charge is -2.08. The van der Waals surface area contributed by atoms with E-state index in [2.05, 4.69) is 35.8 Å². The number of nitrogens with one attached hydrogen (secondary N) is 3. The third kappa shape index (κ3) is 4.56. The quantitative estimate of drug-likeness (QED) is 0.543. The average molecular weight is 408 g/mol. The van der Waals surface area contributed by atoms with Gasteiger partial charge in [0.1, 0.15) is 5.82 Å². The highest BCUT2D eigenvalue weighted by Gasteiger charge is 2.29. The van der Waals surface area contributed by atoms with Crippen LogP contribution in [0, 0.1) is 12.8 Å². The van der Waals surface area contributed by atoms with Crippen molar-refractivity contribution >= 4 is 35.1 Å². The van der Waals surface area contributed by atoms with Crippen LogP contribution in [0.15, 0.2) is 40.4 Å². The molecule has 5 rings (SSSR count). The Balaban J connectivity index is 1.32. The van der Waals surface area contributed by atoms with Crippen LogP contribution in [0.1, 0.15) is 43.1 Å². The summed E-state index contributed by atoms with van der Waals surface area (Å²) in [7, 11) is 0. The number of hydrogen-bond acceptors (Lipinski definition) is 7. The van der Waals surface area contributed by atoms with E-state index in [1.807, 2.05) is 37.3 Å². The van der Waals surface area contributed by atoms with Crippen LogP contribution in [0.25, 0.3) is 0 Å². The summed E-state index contributed by atoms with van der Waals surface area (Å²) < 4.78 is 0. The number of nitrogens with zero attached hydrogens (tertiary/aromatic N) is 4. The maximum atomic E-state index is 11.9. The van der Waals surface area contributed by atoms with Gasteiger partial charge in [-0.25, -0.2) is 4.98 Å². The maximum absolute atomic E-state index is 11.9. The summed E-state index contributed by atoms with van der Waals surface area (Å²) in [6, 6.07) is 9.67. The third-order valence-electron chi connectivity index (χ3n) is 4.80. The van der Waals surface area contributed by atoms with E-state index in [0.717, 1.165) is 47.8 Å². The van der Waals surface area contributed by atoms with Crippen LogP contribution in [0.2, 0.25) is 0 Å². The lowest BCUT2D eigenvalue weighted by molar-refractivity contribution is -0.117. The van der Waals surface area contributed by atoms with Gasteiger partial charge in [0.05, 0.1) is 0 Å². The highest BCUT2D eigenvalue weighted by molar-refractivity contribution is 7.99. The first-order chi connectivity index (χ1) is 14.1. The minimum absolute atomic E-state index is 0.112. The van der Waals surface area contributed by atoms with Crippen molar-refractivity contribution in [3.63, 3.8) is 0 Å². The molecule has 2 fully saturated rings. The first-order valence-electron chi connectivity index (χ1n) is 9.76. The van der Waals surface area contributed by atoms with Crippen LogP contribution >= 0.6 is 11.8 Å². The Labute approximate surface area is 172 Å². The molecular formula is C20H21N7OS. The lowest BCUT2D eigenvalue weighted by Crippen LogP contribution is -2.12. The van der Waals surface area contributed by atoms with Crippen LogP contribution in [0.3, 0.4) is 0 Å². The highest BCUT2D eigenvalue weighted by atomic mass is 32.2. The summed E-state index contributed by atoms with van der Waals surface area (Å²) in [5, 5.41) is 13.8. The standard InChI is InChI=1S/C20H21N7OS/c1-11-10-16(27-26-11)22-19-23-17(12-2-3-12)24-20(25-19)29-15-8-6-14(7-9-15)21-18(28)13-4-5-13/h6-10,12-13H,2-5H2,1H3,(H,21,28)(H2,22,23,24,25,26,27). The molecule has 0 saturated heterocycles. The van der Waals surface area contributed by atoms with Gasteiger partial charge in [0.2, 0.25) is 11.9 Å². The van der Waals surface area contributed by atoms with E-state index < -0.39 is 0 Å². The number of amides is 1. The van der Waals surface area contributed by atoms with Crippen LogP contribution in [-0.4, -0.2) is 31.1 Å². The van der Waals surface area contributed by atoms with E-state index in [0.29, 0.717) is 22.8 Å². The summed E-state index contributed by atoms with van der Waals surface area (Å²) in [4.78, 5) is 26.6. The van der Waals surface area contributed by atoms with Crippen molar-refractivity contribution in [3.8, 4) is 0 Å². The predicted octanol–water partition coefficient (Wildman–Crippen LogP) is 4.02. The molecule has 0 spiro atoms. The first kappa shape index (κ1) is 18.1. The Kier molecular flexibility index (Phi) is 4.67. The fraction of sp³-hybridized carbons (Fsp3) is 0.350. The molecule has 3 aromatic rings. The van der Waals surface area contributed by atoms with Gasteiger partial charge in [0.25, 0.3) is 0 Å². The molecule has 1 aromatic carbocycles. The maximum Gasteiger partial charge on any atom is 0.232 e. The van der Waals surface area contributed by atoms with Crippen molar-refractivity contribution in [2.75, 3.05) is 10.6 Å². The fourth-order valence-electron chi connectivity index (χ4n) is 2.90. The Bertz CT molecular complexity index is 1040. The van der Waals surface area contributed by atoms with Gasteiger partial charge in [0.15, 0.2) is 11.0 Å². The molecule has 9 heteroatoms. The van der Waals surface area contributed by atoms with Crippen LogP contribution in [0.5, 0.6) is 0 Å². The number of benzene rings is 1. The van der Waals surface area contributed by atoms with E-state index >= 15 is 0 Å². The van der Waals surface area contributed by atoms with Gasteiger partial charge < -0.3 is 10.6 Å². The Morgan fingerprint density at radius 1 is 1.10 bits per heavy atom. The molecule has 2 aromatic heterocycles. The SMILES string of the molecule is Cc1cc(Nc2nc(Sc3ccc(NC(=O)C4CC4)cc3)nc(C3CC3)n2)n[nH]1. The molecule has 0 atom stereocenters. The number of aryl methyl sites for hydroxylation is 1. The molecule has 3 N–H and O–H groups in total. The zero-order valence-corrected chi connectivity index (χ0v) is 16.8. The van der Waals surface area contributed by atoms with Crippen LogP contribution < -0.4 is 10.6 Å². The van der Waals surface area contributed by atoms with Crippen molar-refractivity contribution in [1.82, 2.24) is 25.1 Å². The van der Waals surface area contributed by atoms with Gasteiger partial charge in [-0.1, -0.05) is 0 Å². The van der Waals surface area contributed by atoms with Crippen molar-refractivity contribution < 1.29 is 4.79 Å². The molecule has 2 aliphatic rings. The smallest absolute Gasteiger partial charge is 0.232 e. The first-order valence-corrected chi connectivity index (χ1v) is 10.6. The summed E-state index contributed by atoms with van der Waals surface area (Å²) in [5.41, 5.74) is 1.78. The van der Waals surface area contributed by atoms with E-state index in [4.69, 9.17) is 0 Å². The molecule has 0 radical (unpaired) electrons. The second-order valence-corrected chi connectivity index (χ2v) is 8.57. The van der Waals surface area contributed by atoms with E-state index in [-0.39, 0.29) is 11.8 Å². The molecule has 2 aliphatic carbocycles. The van der Waals surface area contributed by atoms with Gasteiger partial charge in [-0.3, -0.25) is 9.89 Å². The Hall–Kier alpha value is -2.94. The van der Waals surface area contributed by atoms with Gasteiger partial charge >= 0.3 is 0 Å². The lowest BCUT2D eigenvalue weighted by atomic mass is 10.3. The van der Waals surface area contributed by atoms with Crippen LogP contribution in [-0.2, 0) is 4.79 Å². The average Bonchev–Trinajstić information content (AvgIpc) is 3.61. The number of anilines is 3. The molecule has 0 unspecified atom stereocenters. The van der Waals surface area contributed by atoms with Crippen LogP contribution in [0.4, 0.5) is 17.5 Å². The van der Waals surface area contributed by atoms with E-state index in [1.54, 1.807) is 0 Å². The topological polar surface area (TPSA) is 108 Å². The molecule has 1 amide bonds. The van der Waals surface area contributed by atoms with Crippen molar-refractivity contribution in [3.05, 3.63) is 41.9 Å². The number of carbonyl (C=O) groups is 1. The zero-order chi connectivity index (χ0) is 19.8. The number of aromatic amines is 1. The van der Waals surface area contributed by atoms with Gasteiger partial charge in [-0.05, 0) is 68.6 Å². The minimum Gasteiger partial charge on any atom is -0.326 e. The second-order valence-electron chi connectivity index (χ2n) is 7.53. The molecule has 2 heterocycles. The van der Waals surface area contributed by atoms with E-state index in [9.17, 15) is 4.79 Å². The van der Waals surface area contributed by atoms with E-state index in [1.165, 1.54) is 11.8 Å². The monoisotopic (exact) mass is 407 g/mol. The summed E-state index contributed by atoms with van der Waals surface area (Å²) in [6.07, 6.45) is 4.22. The molecule has 8 nitrogen and oxygen atoms in total. The second kappa shape index (κ2) is 7.47. The zero-order valence-electron chi connectivity index (χ0n) is 16.0. The van der Waals surface area contributed by atoms with Crippen molar-refractivity contribution in [2.24, 2.45) is 5.92 Å². The number of aromatic nitrogens is 5. The molecule has 148 valence electrons. The fourth-order valence-corrected chi connectivity index (χ4v) is 3.65. The number of carbonyl (C=O) groups excluding carboxylic acids is 1. The number of hydrogen-bond donors (Lipinski definition) is 3. The largest absolute Gasteiger partial charge is 0.326 e.